The molecule has 2 aliphatic rings. The Bertz CT molecular complexity index is 394. The molecule has 2 N–H and O–H groups in total. The van der Waals surface area contributed by atoms with Crippen LogP contribution in [-0.2, 0) is 4.74 Å². The zero-order valence-corrected chi connectivity index (χ0v) is 11.0. The summed E-state index contributed by atoms with van der Waals surface area (Å²) in [5.41, 5.74) is 7.32. The van der Waals surface area contributed by atoms with E-state index in [-0.39, 0.29) is 0 Å². The summed E-state index contributed by atoms with van der Waals surface area (Å²) in [6.07, 6.45) is 5.21. The number of piperidine rings is 1. The third-order valence-electron chi connectivity index (χ3n) is 3.78. The molecule has 1 aromatic heterocycles. The molecule has 0 spiro atoms. The quantitative estimate of drug-likeness (QED) is 0.897. The van der Waals surface area contributed by atoms with Crippen molar-refractivity contribution in [3.8, 4) is 0 Å². The maximum atomic E-state index is 5.99. The van der Waals surface area contributed by atoms with E-state index in [0.717, 1.165) is 31.7 Å². The van der Waals surface area contributed by atoms with Crippen LogP contribution in [0.5, 0.6) is 0 Å². The summed E-state index contributed by atoms with van der Waals surface area (Å²) in [7, 11) is 1.81. The van der Waals surface area contributed by atoms with Crippen LogP contribution < -0.4 is 10.6 Å². The van der Waals surface area contributed by atoms with Gasteiger partial charge in [0.15, 0.2) is 0 Å². The van der Waals surface area contributed by atoms with E-state index in [1.807, 2.05) is 0 Å². The zero-order chi connectivity index (χ0) is 11.8. The van der Waals surface area contributed by atoms with E-state index < -0.39 is 0 Å². The first-order valence-corrected chi connectivity index (χ1v) is 7.09. The highest BCUT2D eigenvalue weighted by atomic mass is 32.1. The zero-order valence-electron chi connectivity index (χ0n) is 10.2. The number of anilines is 2. The van der Waals surface area contributed by atoms with Gasteiger partial charge in [0.25, 0.3) is 0 Å². The Morgan fingerprint density at radius 3 is 2.59 bits per heavy atom. The molecule has 2 heterocycles. The van der Waals surface area contributed by atoms with E-state index in [2.05, 4.69) is 9.27 Å². The van der Waals surface area contributed by atoms with Crippen molar-refractivity contribution in [3.63, 3.8) is 0 Å². The molecular formula is C12H19N3OS. The van der Waals surface area contributed by atoms with Crippen LogP contribution in [0.25, 0.3) is 0 Å². The van der Waals surface area contributed by atoms with Crippen molar-refractivity contribution in [1.29, 1.82) is 0 Å². The predicted molar refractivity (Wildman–Crippen MR) is 70.7 cm³/mol. The average molecular weight is 253 g/mol. The van der Waals surface area contributed by atoms with E-state index >= 15 is 0 Å². The molecule has 5 heteroatoms. The molecule has 94 valence electrons. The molecular weight excluding hydrogens is 234 g/mol. The van der Waals surface area contributed by atoms with Gasteiger partial charge in [-0.05, 0) is 43.1 Å². The Morgan fingerprint density at radius 2 is 2.00 bits per heavy atom. The van der Waals surface area contributed by atoms with Gasteiger partial charge < -0.3 is 15.4 Å². The molecule has 4 nitrogen and oxygen atoms in total. The van der Waals surface area contributed by atoms with Crippen LogP contribution in [0.2, 0.25) is 0 Å². The highest BCUT2D eigenvalue weighted by Gasteiger charge is 2.33. The van der Waals surface area contributed by atoms with Crippen molar-refractivity contribution in [2.24, 2.45) is 0 Å². The number of rotatable bonds is 3. The maximum Gasteiger partial charge on any atom is 0.142 e. The Morgan fingerprint density at radius 1 is 1.29 bits per heavy atom. The van der Waals surface area contributed by atoms with Crippen molar-refractivity contribution in [2.45, 2.75) is 37.7 Å². The van der Waals surface area contributed by atoms with Crippen molar-refractivity contribution < 1.29 is 4.74 Å². The Balaban J connectivity index is 1.76. The molecule has 3 rings (SSSR count). The predicted octanol–water partition coefficient (Wildman–Crippen LogP) is 2.22. The number of hydrogen-bond donors (Lipinski definition) is 1. The summed E-state index contributed by atoms with van der Waals surface area (Å²) < 4.78 is 9.75. The van der Waals surface area contributed by atoms with Gasteiger partial charge in [-0.2, -0.15) is 4.37 Å². The van der Waals surface area contributed by atoms with E-state index in [1.165, 1.54) is 23.4 Å². The number of methoxy groups -OCH3 is 1. The minimum atomic E-state index is 0.431. The monoisotopic (exact) mass is 253 g/mol. The molecule has 2 fully saturated rings. The van der Waals surface area contributed by atoms with Gasteiger partial charge in [-0.3, -0.25) is 0 Å². The molecule has 0 atom stereocenters. The summed E-state index contributed by atoms with van der Waals surface area (Å²) in [6.45, 7) is 2.14. The minimum absolute atomic E-state index is 0.431. The Labute approximate surface area is 106 Å². The molecule has 17 heavy (non-hydrogen) atoms. The standard InChI is InChI=1S/C12H19N3OS/c1-16-9-4-6-15(7-5-9)12-10(8-2-3-8)11(13)14-17-12/h8-9H,2-7H2,1H3,(H2,13,14). The van der Waals surface area contributed by atoms with Gasteiger partial charge in [-0.1, -0.05) is 0 Å². The smallest absolute Gasteiger partial charge is 0.142 e. The molecule has 0 unspecified atom stereocenters. The molecule has 0 bridgehead atoms. The van der Waals surface area contributed by atoms with Gasteiger partial charge in [0.05, 0.1) is 6.10 Å². The summed E-state index contributed by atoms with van der Waals surface area (Å²) in [4.78, 5) is 2.44. The normalized spacial score (nSPS) is 22.1. The number of ether oxygens (including phenoxy) is 1. The maximum absolute atomic E-state index is 5.99. The highest BCUT2D eigenvalue weighted by Crippen LogP contribution is 2.49. The number of aromatic nitrogens is 1. The lowest BCUT2D eigenvalue weighted by Crippen LogP contribution is -2.36. The number of nitrogens with zero attached hydrogens (tertiary/aromatic N) is 2. The van der Waals surface area contributed by atoms with Crippen LogP contribution in [0.15, 0.2) is 0 Å². The van der Waals surface area contributed by atoms with Crippen LogP contribution in [0.4, 0.5) is 10.8 Å². The second kappa shape index (κ2) is 4.46. The largest absolute Gasteiger partial charge is 0.383 e. The van der Waals surface area contributed by atoms with E-state index in [9.17, 15) is 0 Å². The van der Waals surface area contributed by atoms with Crippen molar-refractivity contribution in [2.75, 3.05) is 30.8 Å². The van der Waals surface area contributed by atoms with E-state index in [0.29, 0.717) is 12.0 Å². The minimum Gasteiger partial charge on any atom is -0.383 e. The first-order valence-electron chi connectivity index (χ1n) is 6.32. The summed E-state index contributed by atoms with van der Waals surface area (Å²) in [5, 5.41) is 1.32. The van der Waals surface area contributed by atoms with Crippen LogP contribution in [0.1, 0.15) is 37.2 Å². The van der Waals surface area contributed by atoms with Crippen molar-refractivity contribution >= 4 is 22.4 Å². The lowest BCUT2D eigenvalue weighted by molar-refractivity contribution is 0.0820. The fraction of sp³-hybridized carbons (Fsp3) is 0.750. The number of nitrogen functional groups attached to an aromatic ring is 1. The molecule has 1 saturated carbocycles. The van der Waals surface area contributed by atoms with Crippen molar-refractivity contribution in [1.82, 2.24) is 4.37 Å². The van der Waals surface area contributed by atoms with E-state index in [4.69, 9.17) is 10.5 Å². The van der Waals surface area contributed by atoms with Gasteiger partial charge >= 0.3 is 0 Å². The van der Waals surface area contributed by atoms with Gasteiger partial charge in [0.2, 0.25) is 0 Å². The molecule has 1 saturated heterocycles. The van der Waals surface area contributed by atoms with Crippen molar-refractivity contribution in [3.05, 3.63) is 5.56 Å². The second-order valence-electron chi connectivity index (χ2n) is 4.98. The van der Waals surface area contributed by atoms with Crippen LogP contribution in [-0.4, -0.2) is 30.7 Å². The molecule has 0 amide bonds. The fourth-order valence-electron chi connectivity index (χ4n) is 2.58. The Hall–Kier alpha value is -0.810. The first-order chi connectivity index (χ1) is 8.29. The molecule has 1 aliphatic heterocycles. The average Bonchev–Trinajstić information content (AvgIpc) is 3.13. The van der Waals surface area contributed by atoms with Gasteiger partial charge in [-0.15, -0.1) is 0 Å². The van der Waals surface area contributed by atoms with Crippen LogP contribution in [0, 0.1) is 0 Å². The third kappa shape index (κ3) is 2.13. The molecule has 0 aromatic carbocycles. The summed E-state index contributed by atoms with van der Waals surface area (Å²) in [6, 6.07) is 0. The number of hydrogen-bond acceptors (Lipinski definition) is 5. The van der Waals surface area contributed by atoms with Gasteiger partial charge in [0, 0.05) is 25.8 Å². The van der Waals surface area contributed by atoms with Gasteiger partial charge in [0.1, 0.15) is 10.8 Å². The third-order valence-corrected chi connectivity index (χ3v) is 4.72. The van der Waals surface area contributed by atoms with Crippen LogP contribution in [0.3, 0.4) is 0 Å². The van der Waals surface area contributed by atoms with Crippen LogP contribution >= 0.6 is 11.5 Å². The molecule has 0 radical (unpaired) electrons. The fourth-order valence-corrected chi connectivity index (χ4v) is 3.53. The lowest BCUT2D eigenvalue weighted by Gasteiger charge is -2.32. The lowest BCUT2D eigenvalue weighted by atomic mass is 10.1. The SMILES string of the molecule is COC1CCN(c2snc(N)c2C2CC2)CC1. The second-order valence-corrected chi connectivity index (χ2v) is 5.73. The summed E-state index contributed by atoms with van der Waals surface area (Å²) in [5.74, 6) is 1.45. The highest BCUT2D eigenvalue weighted by molar-refractivity contribution is 7.10. The molecule has 1 aliphatic carbocycles. The van der Waals surface area contributed by atoms with Gasteiger partial charge in [-0.25, -0.2) is 0 Å². The topological polar surface area (TPSA) is 51.4 Å². The number of nitrogens with two attached hydrogens (primary N) is 1. The van der Waals surface area contributed by atoms with E-state index in [1.54, 1.807) is 18.6 Å². The Kier molecular flexibility index (Phi) is 2.96. The first kappa shape index (κ1) is 11.3. The molecule has 1 aromatic rings. The summed E-state index contributed by atoms with van der Waals surface area (Å²) >= 11 is 1.57.